The van der Waals surface area contributed by atoms with Crippen molar-refractivity contribution in [3.05, 3.63) is 41.8 Å². The summed E-state index contributed by atoms with van der Waals surface area (Å²) < 4.78 is 4.96. The molecule has 0 aliphatic heterocycles. The summed E-state index contributed by atoms with van der Waals surface area (Å²) in [5.74, 6) is 0. The van der Waals surface area contributed by atoms with Gasteiger partial charge in [0.05, 0.1) is 5.69 Å². The highest BCUT2D eigenvalue weighted by Crippen LogP contribution is 2.14. The van der Waals surface area contributed by atoms with Crippen LogP contribution in [0, 0.1) is 0 Å². The zero-order valence-electron chi connectivity index (χ0n) is 10.2. The molecule has 0 radical (unpaired) electrons. The number of anilines is 2. The summed E-state index contributed by atoms with van der Waals surface area (Å²) >= 11 is 0. The molecule has 1 heterocycles. The molecular formula is C13H17N3O. The van der Waals surface area contributed by atoms with Gasteiger partial charge in [-0.1, -0.05) is 12.1 Å². The van der Waals surface area contributed by atoms with Gasteiger partial charge in [0, 0.05) is 19.8 Å². The SMILES string of the molecule is CN(C)c1ccc(CCc2coc(N)n2)cc1. The number of benzene rings is 1. The first-order valence-electron chi connectivity index (χ1n) is 5.61. The van der Waals surface area contributed by atoms with Crippen molar-refractivity contribution in [2.75, 3.05) is 24.7 Å². The number of aromatic nitrogens is 1. The van der Waals surface area contributed by atoms with Gasteiger partial charge in [-0.25, -0.2) is 0 Å². The Labute approximate surface area is 101 Å². The van der Waals surface area contributed by atoms with Crippen LogP contribution in [0.1, 0.15) is 11.3 Å². The van der Waals surface area contributed by atoms with Gasteiger partial charge in [0.1, 0.15) is 6.26 Å². The summed E-state index contributed by atoms with van der Waals surface area (Å²) in [6.45, 7) is 0. The smallest absolute Gasteiger partial charge is 0.292 e. The topological polar surface area (TPSA) is 55.3 Å². The van der Waals surface area contributed by atoms with Gasteiger partial charge in [0.25, 0.3) is 6.01 Å². The van der Waals surface area contributed by atoms with E-state index in [0.29, 0.717) is 0 Å². The number of nitrogen functional groups attached to an aromatic ring is 1. The number of nitrogens with zero attached hydrogens (tertiary/aromatic N) is 2. The average Bonchev–Trinajstić information content (AvgIpc) is 2.73. The lowest BCUT2D eigenvalue weighted by atomic mass is 10.1. The molecular weight excluding hydrogens is 214 g/mol. The highest BCUT2D eigenvalue weighted by Gasteiger charge is 2.01. The van der Waals surface area contributed by atoms with Crippen LogP contribution in [-0.2, 0) is 12.8 Å². The van der Waals surface area contributed by atoms with E-state index < -0.39 is 0 Å². The summed E-state index contributed by atoms with van der Waals surface area (Å²) in [4.78, 5) is 6.16. The Morgan fingerprint density at radius 1 is 1.18 bits per heavy atom. The van der Waals surface area contributed by atoms with Gasteiger partial charge in [-0.2, -0.15) is 4.98 Å². The third-order valence-electron chi connectivity index (χ3n) is 2.69. The zero-order valence-corrected chi connectivity index (χ0v) is 10.2. The minimum Gasteiger partial charge on any atom is -0.432 e. The molecule has 1 aromatic carbocycles. The van der Waals surface area contributed by atoms with Crippen molar-refractivity contribution < 1.29 is 4.42 Å². The van der Waals surface area contributed by atoms with E-state index in [-0.39, 0.29) is 6.01 Å². The van der Waals surface area contributed by atoms with Crippen molar-refractivity contribution >= 4 is 11.7 Å². The van der Waals surface area contributed by atoms with Gasteiger partial charge >= 0.3 is 0 Å². The van der Waals surface area contributed by atoms with Gasteiger partial charge in [0.2, 0.25) is 0 Å². The van der Waals surface area contributed by atoms with E-state index in [4.69, 9.17) is 10.2 Å². The Morgan fingerprint density at radius 2 is 1.88 bits per heavy atom. The molecule has 0 bridgehead atoms. The predicted octanol–water partition coefficient (Wildman–Crippen LogP) is 2.11. The van der Waals surface area contributed by atoms with Gasteiger partial charge in [-0.15, -0.1) is 0 Å². The standard InChI is InChI=1S/C13H17N3O/c1-16(2)12-7-4-10(5-8-12)3-6-11-9-17-13(14)15-11/h4-5,7-9H,3,6H2,1-2H3,(H2,14,15). The number of aryl methyl sites for hydroxylation is 2. The van der Waals surface area contributed by atoms with Crippen molar-refractivity contribution in [2.24, 2.45) is 0 Å². The second-order valence-corrected chi connectivity index (χ2v) is 4.24. The maximum absolute atomic E-state index is 5.42. The van der Waals surface area contributed by atoms with Crippen molar-refractivity contribution in [1.82, 2.24) is 4.98 Å². The summed E-state index contributed by atoms with van der Waals surface area (Å²) in [5, 5.41) is 0. The zero-order chi connectivity index (χ0) is 12.3. The van der Waals surface area contributed by atoms with E-state index in [9.17, 15) is 0 Å². The summed E-state index contributed by atoms with van der Waals surface area (Å²) in [5.41, 5.74) is 8.82. The van der Waals surface area contributed by atoms with Crippen LogP contribution in [0.25, 0.3) is 0 Å². The van der Waals surface area contributed by atoms with Crippen molar-refractivity contribution in [1.29, 1.82) is 0 Å². The molecule has 2 N–H and O–H groups in total. The molecule has 2 aromatic rings. The summed E-state index contributed by atoms with van der Waals surface area (Å²) in [6.07, 6.45) is 3.41. The minimum atomic E-state index is 0.239. The van der Waals surface area contributed by atoms with Crippen LogP contribution in [-0.4, -0.2) is 19.1 Å². The number of rotatable bonds is 4. The van der Waals surface area contributed by atoms with Gasteiger partial charge in [0.15, 0.2) is 0 Å². The minimum absolute atomic E-state index is 0.239. The molecule has 4 nitrogen and oxygen atoms in total. The monoisotopic (exact) mass is 231 g/mol. The normalized spacial score (nSPS) is 10.5. The molecule has 0 saturated heterocycles. The molecule has 0 atom stereocenters. The Balaban J connectivity index is 1.95. The lowest BCUT2D eigenvalue weighted by Gasteiger charge is -2.12. The maximum Gasteiger partial charge on any atom is 0.292 e. The molecule has 0 unspecified atom stereocenters. The number of oxazole rings is 1. The number of hydrogen-bond donors (Lipinski definition) is 1. The second kappa shape index (κ2) is 4.91. The average molecular weight is 231 g/mol. The van der Waals surface area contributed by atoms with Crippen molar-refractivity contribution in [2.45, 2.75) is 12.8 Å². The molecule has 0 amide bonds. The van der Waals surface area contributed by atoms with E-state index in [1.807, 2.05) is 14.1 Å². The number of nitrogens with two attached hydrogens (primary N) is 1. The van der Waals surface area contributed by atoms with Crippen LogP contribution in [0.5, 0.6) is 0 Å². The van der Waals surface area contributed by atoms with E-state index >= 15 is 0 Å². The molecule has 2 rings (SSSR count). The second-order valence-electron chi connectivity index (χ2n) is 4.24. The van der Waals surface area contributed by atoms with Gasteiger partial charge in [-0.3, -0.25) is 0 Å². The van der Waals surface area contributed by atoms with Crippen LogP contribution >= 0.6 is 0 Å². The van der Waals surface area contributed by atoms with Crippen LogP contribution in [0.2, 0.25) is 0 Å². The van der Waals surface area contributed by atoms with Crippen LogP contribution in [0.15, 0.2) is 34.9 Å². The fraction of sp³-hybridized carbons (Fsp3) is 0.308. The fourth-order valence-corrected chi connectivity index (χ4v) is 1.67. The lowest BCUT2D eigenvalue weighted by molar-refractivity contribution is 0.578. The third kappa shape index (κ3) is 3.00. The quantitative estimate of drug-likeness (QED) is 0.875. The largest absolute Gasteiger partial charge is 0.432 e. The van der Waals surface area contributed by atoms with Crippen LogP contribution < -0.4 is 10.6 Å². The van der Waals surface area contributed by atoms with Crippen molar-refractivity contribution in [3.63, 3.8) is 0 Å². The van der Waals surface area contributed by atoms with E-state index in [0.717, 1.165) is 18.5 Å². The van der Waals surface area contributed by atoms with E-state index in [1.165, 1.54) is 11.3 Å². The Kier molecular flexibility index (Phi) is 3.32. The Morgan fingerprint density at radius 3 is 2.41 bits per heavy atom. The summed E-state index contributed by atoms with van der Waals surface area (Å²) in [7, 11) is 4.07. The summed E-state index contributed by atoms with van der Waals surface area (Å²) in [6, 6.07) is 8.75. The first-order valence-corrected chi connectivity index (χ1v) is 5.61. The van der Waals surface area contributed by atoms with Gasteiger partial charge < -0.3 is 15.1 Å². The van der Waals surface area contributed by atoms with Crippen LogP contribution in [0.4, 0.5) is 11.7 Å². The van der Waals surface area contributed by atoms with Crippen LogP contribution in [0.3, 0.4) is 0 Å². The van der Waals surface area contributed by atoms with Crippen molar-refractivity contribution in [3.8, 4) is 0 Å². The molecule has 1 aromatic heterocycles. The molecule has 0 saturated carbocycles. The first kappa shape index (κ1) is 11.5. The van der Waals surface area contributed by atoms with E-state index in [2.05, 4.69) is 34.1 Å². The predicted molar refractivity (Wildman–Crippen MR) is 69.1 cm³/mol. The lowest BCUT2D eigenvalue weighted by Crippen LogP contribution is -2.08. The molecule has 0 aliphatic rings. The molecule has 4 heteroatoms. The molecule has 90 valence electrons. The molecule has 0 aliphatic carbocycles. The highest BCUT2D eigenvalue weighted by atomic mass is 16.4. The Hall–Kier alpha value is -1.97. The van der Waals surface area contributed by atoms with E-state index in [1.54, 1.807) is 6.26 Å². The first-order chi connectivity index (χ1) is 8.15. The highest BCUT2D eigenvalue weighted by molar-refractivity contribution is 5.46. The van der Waals surface area contributed by atoms with Gasteiger partial charge in [-0.05, 0) is 30.5 Å². The Bertz CT molecular complexity index is 474. The number of hydrogen-bond acceptors (Lipinski definition) is 4. The fourth-order valence-electron chi connectivity index (χ4n) is 1.67. The maximum atomic E-state index is 5.42. The molecule has 0 spiro atoms. The molecule has 17 heavy (non-hydrogen) atoms. The third-order valence-corrected chi connectivity index (χ3v) is 2.69. The molecule has 0 fully saturated rings.